The van der Waals surface area contributed by atoms with Crippen LogP contribution in [0.3, 0.4) is 0 Å². The van der Waals surface area contributed by atoms with Gasteiger partial charge in [0.2, 0.25) is 5.13 Å². The van der Waals surface area contributed by atoms with Crippen molar-refractivity contribution in [3.8, 4) is 0 Å². The highest BCUT2D eigenvalue weighted by Crippen LogP contribution is 2.22. The summed E-state index contributed by atoms with van der Waals surface area (Å²) in [5.41, 5.74) is 3.78. The number of H-pyrrole nitrogens is 1. The highest BCUT2D eigenvalue weighted by molar-refractivity contribution is 7.09. The molecule has 0 aliphatic rings. The Morgan fingerprint density at radius 3 is 3.06 bits per heavy atom. The first-order chi connectivity index (χ1) is 8.84. The first-order valence-corrected chi connectivity index (χ1v) is 6.57. The van der Waals surface area contributed by atoms with Gasteiger partial charge in [0.05, 0.1) is 0 Å². The zero-order valence-corrected chi connectivity index (χ0v) is 10.8. The van der Waals surface area contributed by atoms with Gasteiger partial charge in [-0.15, -0.1) is 0 Å². The minimum Gasteiger partial charge on any atom is -0.359 e. The Kier molecular flexibility index (Phi) is 2.93. The van der Waals surface area contributed by atoms with Crippen molar-refractivity contribution in [3.05, 3.63) is 35.5 Å². The molecule has 0 spiro atoms. The fourth-order valence-electron chi connectivity index (χ4n) is 2.15. The van der Waals surface area contributed by atoms with Gasteiger partial charge in [-0.1, -0.05) is 27.8 Å². The van der Waals surface area contributed by atoms with Crippen molar-refractivity contribution in [1.82, 2.24) is 19.8 Å². The van der Waals surface area contributed by atoms with Crippen LogP contribution in [0, 0.1) is 6.92 Å². The van der Waals surface area contributed by atoms with E-state index in [-0.39, 0.29) is 0 Å². The van der Waals surface area contributed by atoms with Gasteiger partial charge in [0, 0.05) is 34.7 Å². The number of hydrogen-bond donors (Lipinski definition) is 2. The second-order valence-electron chi connectivity index (χ2n) is 4.12. The van der Waals surface area contributed by atoms with Gasteiger partial charge in [0.15, 0.2) is 0 Å². The van der Waals surface area contributed by atoms with Crippen molar-refractivity contribution in [3.63, 3.8) is 0 Å². The van der Waals surface area contributed by atoms with E-state index in [1.54, 1.807) is 0 Å². The second kappa shape index (κ2) is 4.73. The number of nitrogens with one attached hydrogen (secondary N) is 2. The molecular weight excluding hydrogens is 246 g/mol. The topological polar surface area (TPSA) is 66.5 Å². The van der Waals surface area contributed by atoms with Crippen LogP contribution in [-0.4, -0.2) is 26.3 Å². The normalized spacial score (nSPS) is 10.9. The number of para-hydroxylation sites is 1. The molecule has 18 heavy (non-hydrogen) atoms. The second-order valence-corrected chi connectivity index (χ2v) is 4.85. The van der Waals surface area contributed by atoms with Crippen molar-refractivity contribution in [1.29, 1.82) is 0 Å². The maximum absolute atomic E-state index is 3.86. The quantitative estimate of drug-likeness (QED) is 0.755. The smallest absolute Gasteiger partial charge is 0.225 e. The van der Waals surface area contributed by atoms with Crippen LogP contribution in [0.1, 0.15) is 11.3 Å². The molecule has 2 N–H and O–H groups in total. The predicted molar refractivity (Wildman–Crippen MR) is 72.9 cm³/mol. The minimum atomic E-state index is 0.771. The number of rotatable bonds is 4. The Balaban J connectivity index is 1.76. The standard InChI is InChI=1S/C12H13N5S/c1-8-9(6-7-13-12-15-16-17-18-12)10-4-2-3-5-11(10)14-8/h2-5,14H,6-7H2,1H3,(H,13,15,17). The third kappa shape index (κ3) is 2.06. The fraction of sp³-hybridized carbons (Fsp3) is 0.250. The van der Waals surface area contributed by atoms with E-state index in [0.29, 0.717) is 0 Å². The molecule has 0 aliphatic heterocycles. The highest BCUT2D eigenvalue weighted by Gasteiger charge is 2.07. The lowest BCUT2D eigenvalue weighted by Gasteiger charge is -2.02. The molecular formula is C12H13N5S. The van der Waals surface area contributed by atoms with Crippen LogP contribution >= 0.6 is 11.5 Å². The van der Waals surface area contributed by atoms with Crippen molar-refractivity contribution in [2.24, 2.45) is 0 Å². The number of nitrogens with zero attached hydrogens (tertiary/aromatic N) is 3. The molecule has 0 amide bonds. The summed E-state index contributed by atoms with van der Waals surface area (Å²) >= 11 is 1.28. The summed E-state index contributed by atoms with van der Waals surface area (Å²) < 4.78 is 3.72. The molecule has 2 heterocycles. The van der Waals surface area contributed by atoms with Crippen molar-refractivity contribution in [2.75, 3.05) is 11.9 Å². The van der Waals surface area contributed by atoms with Gasteiger partial charge in [0.25, 0.3) is 0 Å². The van der Waals surface area contributed by atoms with Gasteiger partial charge in [0.1, 0.15) is 0 Å². The van der Waals surface area contributed by atoms with Crippen molar-refractivity contribution >= 4 is 27.6 Å². The molecule has 2 aromatic heterocycles. The van der Waals surface area contributed by atoms with Gasteiger partial charge in [-0.3, -0.25) is 0 Å². The average molecular weight is 259 g/mol. The van der Waals surface area contributed by atoms with Gasteiger partial charge in [-0.05, 0) is 30.2 Å². The largest absolute Gasteiger partial charge is 0.359 e. The average Bonchev–Trinajstić information content (AvgIpc) is 2.98. The molecule has 1 aromatic carbocycles. The number of hydrogen-bond acceptors (Lipinski definition) is 5. The number of aryl methyl sites for hydroxylation is 1. The lowest BCUT2D eigenvalue weighted by molar-refractivity contribution is 0.940. The number of fused-ring (bicyclic) bond motifs is 1. The predicted octanol–water partition coefficient (Wildman–Crippen LogP) is 2.38. The summed E-state index contributed by atoms with van der Waals surface area (Å²) in [5, 5.41) is 12.7. The van der Waals surface area contributed by atoms with Crippen LogP contribution in [0.4, 0.5) is 5.13 Å². The van der Waals surface area contributed by atoms with Crippen LogP contribution in [0.5, 0.6) is 0 Å². The van der Waals surface area contributed by atoms with E-state index in [4.69, 9.17) is 0 Å². The molecule has 0 saturated carbocycles. The molecule has 3 rings (SSSR count). The summed E-state index contributed by atoms with van der Waals surface area (Å²) in [6, 6.07) is 8.38. The number of benzene rings is 1. The number of aromatic nitrogens is 4. The van der Waals surface area contributed by atoms with E-state index in [1.165, 1.54) is 33.7 Å². The minimum absolute atomic E-state index is 0.771. The zero-order chi connectivity index (χ0) is 12.4. The lowest BCUT2D eigenvalue weighted by atomic mass is 10.1. The molecule has 0 unspecified atom stereocenters. The van der Waals surface area contributed by atoms with Gasteiger partial charge >= 0.3 is 0 Å². The fourth-order valence-corrected chi connectivity index (χ4v) is 2.54. The molecule has 0 saturated heterocycles. The Bertz CT molecular complexity index is 644. The SMILES string of the molecule is Cc1[nH]c2ccccc2c1CCNc1nnns1. The monoisotopic (exact) mass is 259 g/mol. The van der Waals surface area contributed by atoms with Crippen LogP contribution in [0.25, 0.3) is 10.9 Å². The summed E-state index contributed by atoms with van der Waals surface area (Å²) in [6.07, 6.45) is 0.954. The maximum Gasteiger partial charge on any atom is 0.225 e. The van der Waals surface area contributed by atoms with Crippen LogP contribution < -0.4 is 5.32 Å². The summed E-state index contributed by atoms with van der Waals surface area (Å²) in [4.78, 5) is 3.41. The van der Waals surface area contributed by atoms with Crippen LogP contribution in [-0.2, 0) is 6.42 Å². The number of aromatic amines is 1. The Morgan fingerprint density at radius 1 is 1.33 bits per heavy atom. The first-order valence-electron chi connectivity index (χ1n) is 5.79. The van der Waals surface area contributed by atoms with Crippen LogP contribution in [0.2, 0.25) is 0 Å². The summed E-state index contributed by atoms with van der Waals surface area (Å²) in [5.74, 6) is 0. The first kappa shape index (κ1) is 11.2. The maximum atomic E-state index is 3.86. The highest BCUT2D eigenvalue weighted by atomic mass is 32.1. The molecule has 0 radical (unpaired) electrons. The van der Waals surface area contributed by atoms with Crippen molar-refractivity contribution in [2.45, 2.75) is 13.3 Å². The van der Waals surface area contributed by atoms with Gasteiger partial charge in [-0.25, -0.2) is 0 Å². The molecule has 92 valence electrons. The number of anilines is 1. The van der Waals surface area contributed by atoms with E-state index in [9.17, 15) is 0 Å². The molecule has 0 atom stereocenters. The van der Waals surface area contributed by atoms with Gasteiger partial charge in [-0.2, -0.15) is 0 Å². The Morgan fingerprint density at radius 2 is 2.22 bits per heavy atom. The van der Waals surface area contributed by atoms with E-state index >= 15 is 0 Å². The third-order valence-electron chi connectivity index (χ3n) is 2.98. The molecule has 0 bridgehead atoms. The van der Waals surface area contributed by atoms with E-state index in [0.717, 1.165) is 18.1 Å². The van der Waals surface area contributed by atoms with E-state index < -0.39 is 0 Å². The molecule has 6 heteroatoms. The molecule has 3 aromatic rings. The molecule has 0 fully saturated rings. The lowest BCUT2D eigenvalue weighted by Crippen LogP contribution is -2.05. The molecule has 5 nitrogen and oxygen atoms in total. The van der Waals surface area contributed by atoms with Gasteiger partial charge < -0.3 is 10.3 Å². The molecule has 0 aliphatic carbocycles. The summed E-state index contributed by atoms with van der Waals surface area (Å²) in [7, 11) is 0. The summed E-state index contributed by atoms with van der Waals surface area (Å²) in [6.45, 7) is 2.95. The third-order valence-corrected chi connectivity index (χ3v) is 3.53. The van der Waals surface area contributed by atoms with E-state index in [2.05, 4.69) is 50.2 Å². The Hall–Kier alpha value is -1.95. The van der Waals surface area contributed by atoms with E-state index in [1.807, 2.05) is 6.07 Å². The van der Waals surface area contributed by atoms with Crippen LogP contribution in [0.15, 0.2) is 24.3 Å². The van der Waals surface area contributed by atoms with Crippen molar-refractivity contribution < 1.29 is 0 Å². The Labute approximate surface area is 108 Å². The zero-order valence-electron chi connectivity index (χ0n) is 9.97.